The lowest BCUT2D eigenvalue weighted by Gasteiger charge is -1.99. The first kappa shape index (κ1) is 12.7. The molecule has 2 aromatic rings. The number of hydrogen-bond acceptors (Lipinski definition) is 6. The molecule has 0 aliphatic rings. The van der Waals surface area contributed by atoms with Gasteiger partial charge in [0.15, 0.2) is 0 Å². The maximum atomic E-state index is 11.4. The van der Waals surface area contributed by atoms with Gasteiger partial charge < -0.3 is 10.6 Å². The van der Waals surface area contributed by atoms with Crippen molar-refractivity contribution in [3.8, 4) is 0 Å². The molecule has 0 amide bonds. The first-order valence-electron chi connectivity index (χ1n) is 4.65. The summed E-state index contributed by atoms with van der Waals surface area (Å²) in [7, 11) is 2.54. The van der Waals surface area contributed by atoms with E-state index < -0.39 is 15.0 Å². The molecule has 2 rings (SSSR count). The SMILES string of the molecule is COC(=O)c1nc2cc(S(=O)(=O)Cl)ccc2n1N. The Morgan fingerprint density at radius 1 is 1.50 bits per heavy atom. The Hall–Kier alpha value is -1.80. The van der Waals surface area contributed by atoms with Crippen LogP contribution < -0.4 is 5.84 Å². The summed E-state index contributed by atoms with van der Waals surface area (Å²) in [5.74, 6) is 4.80. The Bertz CT molecular complexity index is 738. The van der Waals surface area contributed by atoms with Crippen LogP contribution in [0.5, 0.6) is 0 Å². The largest absolute Gasteiger partial charge is 0.463 e. The van der Waals surface area contributed by atoms with Crippen LogP contribution in [0.2, 0.25) is 0 Å². The van der Waals surface area contributed by atoms with E-state index in [2.05, 4.69) is 9.72 Å². The number of carbonyl (C=O) groups is 1. The summed E-state index contributed by atoms with van der Waals surface area (Å²) < 4.78 is 27.8. The minimum Gasteiger partial charge on any atom is -0.463 e. The minimum atomic E-state index is -3.86. The maximum absolute atomic E-state index is 11.4. The van der Waals surface area contributed by atoms with Crippen LogP contribution in [0.25, 0.3) is 11.0 Å². The fourth-order valence-corrected chi connectivity index (χ4v) is 2.24. The number of esters is 1. The molecule has 0 radical (unpaired) electrons. The smallest absolute Gasteiger partial charge is 0.376 e. The van der Waals surface area contributed by atoms with Gasteiger partial charge in [-0.25, -0.2) is 22.9 Å². The molecule has 18 heavy (non-hydrogen) atoms. The maximum Gasteiger partial charge on any atom is 0.376 e. The summed E-state index contributed by atoms with van der Waals surface area (Å²) in [5, 5.41) is 0. The minimum absolute atomic E-state index is 0.119. The number of nitrogen functional groups attached to an aromatic ring is 1. The number of hydrogen-bond donors (Lipinski definition) is 1. The van der Waals surface area contributed by atoms with E-state index in [1.165, 1.54) is 25.3 Å². The van der Waals surface area contributed by atoms with Gasteiger partial charge >= 0.3 is 5.97 Å². The van der Waals surface area contributed by atoms with Crippen molar-refractivity contribution in [2.75, 3.05) is 13.0 Å². The molecule has 9 heteroatoms. The first-order chi connectivity index (χ1) is 8.34. The number of nitrogens with two attached hydrogens (primary N) is 1. The van der Waals surface area contributed by atoms with Crippen LogP contribution in [0.15, 0.2) is 23.1 Å². The third-order valence-corrected chi connectivity index (χ3v) is 3.66. The zero-order valence-corrected chi connectivity index (χ0v) is 10.7. The number of benzene rings is 1. The number of nitrogens with zero attached hydrogens (tertiary/aromatic N) is 2. The molecule has 0 saturated carbocycles. The highest BCUT2D eigenvalue weighted by molar-refractivity contribution is 8.13. The average Bonchev–Trinajstić information content (AvgIpc) is 2.64. The highest BCUT2D eigenvalue weighted by atomic mass is 35.7. The highest BCUT2D eigenvalue weighted by Crippen LogP contribution is 2.21. The summed E-state index contributed by atoms with van der Waals surface area (Å²) in [5.41, 5.74) is 0.624. The van der Waals surface area contributed by atoms with Gasteiger partial charge in [0.2, 0.25) is 5.82 Å². The first-order valence-corrected chi connectivity index (χ1v) is 6.96. The van der Waals surface area contributed by atoms with Crippen molar-refractivity contribution < 1.29 is 17.9 Å². The second-order valence-electron chi connectivity index (χ2n) is 3.39. The highest BCUT2D eigenvalue weighted by Gasteiger charge is 2.18. The number of fused-ring (bicyclic) bond motifs is 1. The number of imidazole rings is 1. The van der Waals surface area contributed by atoms with Crippen molar-refractivity contribution >= 4 is 36.7 Å². The average molecular weight is 290 g/mol. The van der Waals surface area contributed by atoms with Crippen LogP contribution in [-0.2, 0) is 13.8 Å². The normalized spacial score (nSPS) is 11.7. The zero-order valence-electron chi connectivity index (χ0n) is 9.12. The Labute approximate surface area is 106 Å². The number of aromatic nitrogens is 2. The van der Waals surface area contributed by atoms with E-state index in [0.717, 1.165) is 4.68 Å². The van der Waals surface area contributed by atoms with Crippen molar-refractivity contribution in [1.29, 1.82) is 0 Å². The second kappa shape index (κ2) is 4.14. The Balaban J connectivity index is 2.70. The fourth-order valence-electron chi connectivity index (χ4n) is 1.47. The van der Waals surface area contributed by atoms with E-state index in [0.29, 0.717) is 5.52 Å². The molecule has 0 bridgehead atoms. The molecule has 0 fully saturated rings. The van der Waals surface area contributed by atoms with Crippen molar-refractivity contribution in [2.24, 2.45) is 0 Å². The van der Waals surface area contributed by atoms with Crippen molar-refractivity contribution in [3.05, 3.63) is 24.0 Å². The van der Waals surface area contributed by atoms with Crippen LogP contribution in [0.1, 0.15) is 10.6 Å². The van der Waals surface area contributed by atoms with Gasteiger partial charge in [-0.15, -0.1) is 0 Å². The standard InChI is InChI=1S/C9H8ClN3O4S/c1-17-9(14)8-12-6-4-5(18(10,15)16)2-3-7(6)13(8)11/h2-4H,11H2,1H3. The van der Waals surface area contributed by atoms with Gasteiger partial charge in [0.1, 0.15) is 0 Å². The van der Waals surface area contributed by atoms with Crippen molar-refractivity contribution in [3.63, 3.8) is 0 Å². The van der Waals surface area contributed by atoms with Crippen LogP contribution >= 0.6 is 10.7 Å². The van der Waals surface area contributed by atoms with Gasteiger partial charge in [0.05, 0.1) is 23.0 Å². The number of ether oxygens (including phenoxy) is 1. The molecule has 0 spiro atoms. The van der Waals surface area contributed by atoms with E-state index in [9.17, 15) is 13.2 Å². The third kappa shape index (κ3) is 2.00. The van der Waals surface area contributed by atoms with E-state index >= 15 is 0 Å². The lowest BCUT2D eigenvalue weighted by molar-refractivity contribution is 0.0584. The Morgan fingerprint density at radius 2 is 2.17 bits per heavy atom. The Kier molecular flexibility index (Phi) is 2.91. The molecule has 0 saturated heterocycles. The predicted molar refractivity (Wildman–Crippen MR) is 64.3 cm³/mol. The number of halogens is 1. The summed E-state index contributed by atoms with van der Waals surface area (Å²) in [6.07, 6.45) is 0. The Morgan fingerprint density at radius 3 is 2.72 bits per heavy atom. The topological polar surface area (TPSA) is 104 Å². The monoisotopic (exact) mass is 289 g/mol. The molecule has 2 N–H and O–H groups in total. The van der Waals surface area contributed by atoms with Crippen LogP contribution in [0.4, 0.5) is 0 Å². The lowest BCUT2D eigenvalue weighted by Crippen LogP contribution is -2.17. The summed E-state index contributed by atoms with van der Waals surface area (Å²) in [4.78, 5) is 15.1. The van der Waals surface area contributed by atoms with E-state index in [1.54, 1.807) is 0 Å². The lowest BCUT2D eigenvalue weighted by atomic mass is 10.3. The number of rotatable bonds is 2. The van der Waals surface area contributed by atoms with Gasteiger partial charge in [-0.2, -0.15) is 0 Å². The zero-order chi connectivity index (χ0) is 13.5. The molecular weight excluding hydrogens is 282 g/mol. The van der Waals surface area contributed by atoms with E-state index in [1.807, 2.05) is 0 Å². The molecular formula is C9H8ClN3O4S. The van der Waals surface area contributed by atoms with Crippen LogP contribution in [0, 0.1) is 0 Å². The number of methoxy groups -OCH3 is 1. The molecule has 1 aromatic carbocycles. The molecule has 0 aliphatic heterocycles. The molecule has 96 valence electrons. The van der Waals surface area contributed by atoms with Crippen molar-refractivity contribution in [2.45, 2.75) is 4.90 Å². The molecule has 0 aliphatic carbocycles. The summed E-state index contributed by atoms with van der Waals surface area (Å²) >= 11 is 0. The van der Waals surface area contributed by atoms with E-state index in [-0.39, 0.29) is 16.2 Å². The predicted octanol–water partition coefficient (Wildman–Crippen LogP) is 0.464. The van der Waals surface area contributed by atoms with Crippen molar-refractivity contribution in [1.82, 2.24) is 9.66 Å². The molecule has 0 atom stereocenters. The third-order valence-electron chi connectivity index (χ3n) is 2.31. The van der Waals surface area contributed by atoms with Gasteiger partial charge in [0, 0.05) is 10.7 Å². The van der Waals surface area contributed by atoms with Gasteiger partial charge in [-0.3, -0.25) is 0 Å². The molecule has 1 heterocycles. The molecule has 0 unspecified atom stereocenters. The van der Waals surface area contributed by atoms with Gasteiger partial charge in [-0.05, 0) is 18.2 Å². The number of carbonyl (C=O) groups excluding carboxylic acids is 1. The molecule has 7 nitrogen and oxygen atoms in total. The van der Waals surface area contributed by atoms with Gasteiger partial charge in [0.25, 0.3) is 9.05 Å². The van der Waals surface area contributed by atoms with Crippen LogP contribution in [0.3, 0.4) is 0 Å². The van der Waals surface area contributed by atoms with E-state index in [4.69, 9.17) is 16.5 Å². The second-order valence-corrected chi connectivity index (χ2v) is 5.95. The van der Waals surface area contributed by atoms with Gasteiger partial charge in [-0.1, -0.05) is 0 Å². The van der Waals surface area contributed by atoms with Crippen LogP contribution in [-0.4, -0.2) is 31.2 Å². The fraction of sp³-hybridized carbons (Fsp3) is 0.111. The summed E-state index contributed by atoms with van der Waals surface area (Å²) in [6, 6.07) is 3.91. The molecule has 1 aromatic heterocycles. The summed E-state index contributed by atoms with van der Waals surface area (Å²) in [6.45, 7) is 0. The quantitative estimate of drug-likeness (QED) is 0.489.